The van der Waals surface area contributed by atoms with Crippen LogP contribution in [0.5, 0.6) is 17.2 Å². The molecule has 0 atom stereocenters. The molecule has 7 heteroatoms. The molecule has 1 aromatic heterocycles. The number of H-pyrrole nitrogens is 1. The highest BCUT2D eigenvalue weighted by molar-refractivity contribution is 7.99. The zero-order chi connectivity index (χ0) is 23.1. The number of carbonyl (C=O) groups is 1. The summed E-state index contributed by atoms with van der Waals surface area (Å²) in [6, 6.07) is 11.7. The number of methoxy groups -OCH3 is 1. The van der Waals surface area contributed by atoms with Crippen LogP contribution in [0.25, 0.3) is 11.1 Å². The molecule has 1 N–H and O–H groups in total. The van der Waals surface area contributed by atoms with Crippen LogP contribution in [0.1, 0.15) is 37.6 Å². The van der Waals surface area contributed by atoms with E-state index in [1.165, 1.54) is 0 Å². The highest BCUT2D eigenvalue weighted by atomic mass is 32.2. The maximum atomic E-state index is 11.9. The molecule has 0 radical (unpaired) electrons. The van der Waals surface area contributed by atoms with Gasteiger partial charge in [-0.1, -0.05) is 26.0 Å². The van der Waals surface area contributed by atoms with Crippen molar-refractivity contribution in [1.82, 2.24) is 10.2 Å². The van der Waals surface area contributed by atoms with Crippen LogP contribution in [0.2, 0.25) is 0 Å². The molecule has 1 heterocycles. The van der Waals surface area contributed by atoms with E-state index in [1.54, 1.807) is 14.0 Å². The molecular formula is C25H30N2O4S. The molecule has 0 saturated heterocycles. The van der Waals surface area contributed by atoms with Gasteiger partial charge in [0.2, 0.25) is 0 Å². The van der Waals surface area contributed by atoms with E-state index in [0.29, 0.717) is 23.4 Å². The molecule has 0 spiro atoms. The summed E-state index contributed by atoms with van der Waals surface area (Å²) >= 11 is 1.85. The minimum Gasteiger partial charge on any atom is -0.493 e. The number of benzene rings is 2. The van der Waals surface area contributed by atoms with Crippen LogP contribution in [-0.4, -0.2) is 35.1 Å². The molecule has 0 aliphatic heterocycles. The lowest BCUT2D eigenvalue weighted by molar-refractivity contribution is -0.142. The third-order valence-electron chi connectivity index (χ3n) is 4.88. The van der Waals surface area contributed by atoms with E-state index in [9.17, 15) is 4.79 Å². The maximum absolute atomic E-state index is 11.9. The van der Waals surface area contributed by atoms with Crippen molar-refractivity contribution in [2.75, 3.05) is 13.7 Å². The first-order valence-electron chi connectivity index (χ1n) is 10.7. The van der Waals surface area contributed by atoms with E-state index in [2.05, 4.69) is 30.1 Å². The number of esters is 1. The van der Waals surface area contributed by atoms with Crippen molar-refractivity contribution in [3.8, 4) is 28.4 Å². The Kier molecular flexibility index (Phi) is 8.22. The normalized spacial score (nSPS) is 10.9. The van der Waals surface area contributed by atoms with Gasteiger partial charge in [-0.3, -0.25) is 9.89 Å². The van der Waals surface area contributed by atoms with Crippen LogP contribution in [-0.2, 0) is 21.7 Å². The molecule has 0 bridgehead atoms. The van der Waals surface area contributed by atoms with Crippen molar-refractivity contribution in [2.24, 2.45) is 0 Å². The lowest BCUT2D eigenvalue weighted by Gasteiger charge is -2.16. The number of aryl methyl sites for hydroxylation is 1. The Bertz CT molecular complexity index is 1060. The zero-order valence-electron chi connectivity index (χ0n) is 19.2. The monoisotopic (exact) mass is 454 g/mol. The smallest absolute Gasteiger partial charge is 0.310 e. The van der Waals surface area contributed by atoms with E-state index in [4.69, 9.17) is 14.2 Å². The van der Waals surface area contributed by atoms with Gasteiger partial charge in [-0.2, -0.15) is 16.9 Å². The Morgan fingerprint density at radius 3 is 2.56 bits per heavy atom. The second-order valence-electron chi connectivity index (χ2n) is 7.66. The van der Waals surface area contributed by atoms with Gasteiger partial charge in [0, 0.05) is 22.6 Å². The molecule has 0 unspecified atom stereocenters. The zero-order valence-corrected chi connectivity index (χ0v) is 20.0. The van der Waals surface area contributed by atoms with E-state index in [-0.39, 0.29) is 12.4 Å². The minimum atomic E-state index is -0.266. The fraction of sp³-hybridized carbons (Fsp3) is 0.360. The summed E-state index contributed by atoms with van der Waals surface area (Å²) in [5, 5.41) is 7.63. The van der Waals surface area contributed by atoms with Crippen molar-refractivity contribution in [3.05, 3.63) is 59.4 Å². The van der Waals surface area contributed by atoms with E-state index in [0.717, 1.165) is 39.5 Å². The van der Waals surface area contributed by atoms with Gasteiger partial charge in [-0.25, -0.2) is 0 Å². The minimum absolute atomic E-state index is 0.183. The van der Waals surface area contributed by atoms with Crippen LogP contribution in [0.15, 0.2) is 42.6 Å². The molecule has 32 heavy (non-hydrogen) atoms. The van der Waals surface area contributed by atoms with E-state index in [1.807, 2.05) is 55.2 Å². The Hall–Kier alpha value is -2.93. The number of aromatic amines is 1. The molecule has 0 aliphatic rings. The lowest BCUT2D eigenvalue weighted by atomic mass is 10.0. The van der Waals surface area contributed by atoms with E-state index < -0.39 is 0 Å². The summed E-state index contributed by atoms with van der Waals surface area (Å²) in [6.45, 7) is 8.52. The van der Waals surface area contributed by atoms with Gasteiger partial charge < -0.3 is 14.2 Å². The van der Waals surface area contributed by atoms with Crippen LogP contribution in [0, 0.1) is 6.92 Å². The molecular weight excluding hydrogens is 424 g/mol. The molecule has 0 aliphatic carbocycles. The standard InChI is InChI=1S/C25H30N2O4S/c1-6-30-25(28)12-18-7-9-23(29-5)24(11-18)31-22-10-8-19(21-14-26-27-17(21)4)13-20(22)15-32-16(2)3/h7-11,13-14,16H,6,12,15H2,1-5H3,(H,26,27). The van der Waals surface area contributed by atoms with Crippen LogP contribution >= 0.6 is 11.8 Å². The predicted octanol–water partition coefficient (Wildman–Crippen LogP) is 5.93. The Balaban J connectivity index is 1.94. The molecule has 0 amide bonds. The Labute approximate surface area is 193 Å². The summed E-state index contributed by atoms with van der Waals surface area (Å²) in [7, 11) is 1.60. The molecule has 3 aromatic rings. The molecule has 0 saturated carbocycles. The number of thioether (sulfide) groups is 1. The second-order valence-corrected chi connectivity index (χ2v) is 9.22. The molecule has 3 rings (SSSR count). The topological polar surface area (TPSA) is 73.4 Å². The summed E-state index contributed by atoms with van der Waals surface area (Å²) < 4.78 is 16.9. The highest BCUT2D eigenvalue weighted by Gasteiger charge is 2.15. The number of hydrogen-bond donors (Lipinski definition) is 1. The molecule has 0 fully saturated rings. The third-order valence-corrected chi connectivity index (χ3v) is 6.02. The van der Waals surface area contributed by atoms with Gasteiger partial charge in [0.1, 0.15) is 5.75 Å². The Morgan fingerprint density at radius 2 is 1.91 bits per heavy atom. The fourth-order valence-corrected chi connectivity index (χ4v) is 4.00. The molecule has 6 nitrogen and oxygen atoms in total. The number of hydrogen-bond acceptors (Lipinski definition) is 6. The Morgan fingerprint density at radius 1 is 1.12 bits per heavy atom. The summed E-state index contributed by atoms with van der Waals surface area (Å²) in [6.07, 6.45) is 2.02. The number of rotatable bonds is 10. The van der Waals surface area contributed by atoms with Gasteiger partial charge in [-0.05, 0) is 54.5 Å². The van der Waals surface area contributed by atoms with Gasteiger partial charge in [0.15, 0.2) is 11.5 Å². The summed E-state index contributed by atoms with van der Waals surface area (Å²) in [5.41, 5.74) is 5.07. The number of ether oxygens (including phenoxy) is 3. The van der Waals surface area contributed by atoms with E-state index >= 15 is 0 Å². The van der Waals surface area contributed by atoms with Crippen molar-refractivity contribution in [1.29, 1.82) is 0 Å². The SMILES string of the molecule is CCOC(=O)Cc1ccc(OC)c(Oc2ccc(-c3cn[nH]c3C)cc2CSC(C)C)c1. The van der Waals surface area contributed by atoms with Crippen LogP contribution in [0.4, 0.5) is 0 Å². The maximum Gasteiger partial charge on any atom is 0.310 e. The third kappa shape index (κ3) is 6.07. The van der Waals surface area contributed by atoms with Crippen LogP contribution in [0.3, 0.4) is 0 Å². The highest BCUT2D eigenvalue weighted by Crippen LogP contribution is 2.37. The number of aromatic nitrogens is 2. The lowest BCUT2D eigenvalue weighted by Crippen LogP contribution is -2.07. The van der Waals surface area contributed by atoms with Crippen molar-refractivity contribution in [2.45, 2.75) is 45.1 Å². The van der Waals surface area contributed by atoms with Gasteiger partial charge in [-0.15, -0.1) is 0 Å². The van der Waals surface area contributed by atoms with Crippen molar-refractivity contribution < 1.29 is 19.0 Å². The van der Waals surface area contributed by atoms with Crippen molar-refractivity contribution in [3.63, 3.8) is 0 Å². The summed E-state index contributed by atoms with van der Waals surface area (Å²) in [4.78, 5) is 11.9. The van der Waals surface area contributed by atoms with Gasteiger partial charge in [0.25, 0.3) is 0 Å². The molecule has 170 valence electrons. The first kappa shape index (κ1) is 23.7. The summed E-state index contributed by atoms with van der Waals surface area (Å²) in [5.74, 6) is 2.47. The second kappa shape index (κ2) is 11.1. The average Bonchev–Trinajstić information content (AvgIpc) is 3.19. The van der Waals surface area contributed by atoms with Crippen LogP contribution < -0.4 is 9.47 Å². The quantitative estimate of drug-likeness (QED) is 0.383. The van der Waals surface area contributed by atoms with Gasteiger partial charge in [0.05, 0.1) is 26.3 Å². The predicted molar refractivity (Wildman–Crippen MR) is 129 cm³/mol. The number of carbonyl (C=O) groups excluding carboxylic acids is 1. The molecule has 2 aromatic carbocycles. The number of nitrogens with zero attached hydrogens (tertiary/aromatic N) is 1. The number of nitrogens with one attached hydrogen (secondary N) is 1. The van der Waals surface area contributed by atoms with Crippen molar-refractivity contribution >= 4 is 17.7 Å². The average molecular weight is 455 g/mol. The largest absolute Gasteiger partial charge is 0.493 e. The van der Waals surface area contributed by atoms with Gasteiger partial charge >= 0.3 is 5.97 Å². The first-order valence-corrected chi connectivity index (χ1v) is 11.7. The fourth-order valence-electron chi connectivity index (χ4n) is 3.27. The first-order chi connectivity index (χ1) is 15.4.